The predicted molar refractivity (Wildman–Crippen MR) is 126 cm³/mol. The molecule has 0 amide bonds. The lowest BCUT2D eigenvalue weighted by molar-refractivity contribution is 0.122. The van der Waals surface area contributed by atoms with Crippen molar-refractivity contribution < 1.29 is 9.84 Å². The molecule has 0 spiro atoms. The molecule has 1 unspecified atom stereocenters. The summed E-state index contributed by atoms with van der Waals surface area (Å²) in [6, 6.07) is 7.78. The second kappa shape index (κ2) is 9.37. The van der Waals surface area contributed by atoms with Gasteiger partial charge in [-0.15, -0.1) is 0 Å². The summed E-state index contributed by atoms with van der Waals surface area (Å²) in [5.41, 5.74) is 15.3. The maximum Gasteiger partial charge on any atom is 0.166 e. The first-order valence-corrected chi connectivity index (χ1v) is 10.8. The van der Waals surface area contributed by atoms with Gasteiger partial charge in [-0.1, -0.05) is 18.2 Å². The number of hydrogen-bond acceptors (Lipinski definition) is 8. The fourth-order valence-electron chi connectivity index (χ4n) is 3.85. The molecule has 1 saturated heterocycles. The van der Waals surface area contributed by atoms with E-state index in [9.17, 15) is 5.11 Å². The highest BCUT2D eigenvalue weighted by molar-refractivity contribution is 5.86. The molecule has 0 aliphatic carbocycles. The zero-order valence-electron chi connectivity index (χ0n) is 18.4. The number of fused-ring (bicyclic) bond motifs is 1. The van der Waals surface area contributed by atoms with Crippen LogP contribution in [-0.2, 0) is 11.3 Å². The summed E-state index contributed by atoms with van der Waals surface area (Å²) in [5, 5.41) is 10.3. The summed E-state index contributed by atoms with van der Waals surface area (Å²) in [7, 11) is 0. The summed E-state index contributed by atoms with van der Waals surface area (Å²) in [5.74, 6) is 1.91. The van der Waals surface area contributed by atoms with E-state index in [0.29, 0.717) is 48.3 Å². The minimum absolute atomic E-state index is 0.578. The number of benzene rings is 1. The second-order valence-electron chi connectivity index (χ2n) is 7.62. The third kappa shape index (κ3) is 4.17. The zero-order valence-corrected chi connectivity index (χ0v) is 18.4. The van der Waals surface area contributed by atoms with Gasteiger partial charge in [-0.05, 0) is 43.8 Å². The van der Waals surface area contributed by atoms with E-state index in [1.54, 1.807) is 19.1 Å². The molecular formula is C23H29N7O2. The van der Waals surface area contributed by atoms with E-state index < -0.39 is 6.10 Å². The van der Waals surface area contributed by atoms with E-state index in [1.807, 2.05) is 35.8 Å². The molecule has 1 atom stereocenters. The molecule has 1 aliphatic rings. The summed E-state index contributed by atoms with van der Waals surface area (Å²) < 4.78 is 7.47. The number of allylic oxidation sites excluding steroid dienone is 2. The van der Waals surface area contributed by atoms with E-state index in [-0.39, 0.29) is 0 Å². The van der Waals surface area contributed by atoms with Gasteiger partial charge in [0.25, 0.3) is 0 Å². The molecule has 1 aliphatic heterocycles. The first-order valence-electron chi connectivity index (χ1n) is 10.8. The van der Waals surface area contributed by atoms with Gasteiger partial charge in [0, 0.05) is 30.9 Å². The van der Waals surface area contributed by atoms with Crippen LogP contribution >= 0.6 is 0 Å². The maximum atomic E-state index is 10.3. The van der Waals surface area contributed by atoms with Crippen LogP contribution in [0.4, 0.5) is 5.82 Å². The number of rotatable bonds is 6. The molecule has 168 valence electrons. The Hall–Kier alpha value is -3.43. The molecule has 1 fully saturated rings. The number of aliphatic hydroxyl groups is 1. The quantitative estimate of drug-likeness (QED) is 0.503. The van der Waals surface area contributed by atoms with Gasteiger partial charge in [-0.3, -0.25) is 0 Å². The molecule has 2 aromatic heterocycles. The van der Waals surface area contributed by atoms with E-state index >= 15 is 0 Å². The van der Waals surface area contributed by atoms with Gasteiger partial charge in [-0.25, -0.2) is 15.0 Å². The smallest absolute Gasteiger partial charge is 0.166 e. The van der Waals surface area contributed by atoms with Gasteiger partial charge in [-0.2, -0.15) is 0 Å². The summed E-state index contributed by atoms with van der Waals surface area (Å²) in [6.07, 6.45) is 4.17. The Kier molecular flexibility index (Phi) is 6.38. The maximum absolute atomic E-state index is 10.3. The van der Waals surface area contributed by atoms with Crippen molar-refractivity contribution in [2.24, 2.45) is 11.5 Å². The van der Waals surface area contributed by atoms with Crippen molar-refractivity contribution in [3.8, 4) is 11.4 Å². The molecule has 9 nitrogen and oxygen atoms in total. The number of aryl methyl sites for hydroxylation is 1. The SMILES string of the molecule is CCn1c(C(C)O)nc2c(N3CCOCC3)nc(-c3cccc(/C(N)=C/C=C\N)c3)nc21. The molecule has 5 N–H and O–H groups in total. The number of aliphatic hydroxyl groups excluding tert-OH is 1. The zero-order chi connectivity index (χ0) is 22.7. The number of nitrogens with two attached hydrogens (primary N) is 2. The number of anilines is 1. The molecule has 3 heterocycles. The molecule has 4 rings (SSSR count). The fraction of sp³-hybridized carbons (Fsp3) is 0.348. The van der Waals surface area contributed by atoms with Crippen molar-refractivity contribution in [2.75, 3.05) is 31.2 Å². The van der Waals surface area contributed by atoms with Gasteiger partial charge in [0.05, 0.1) is 13.2 Å². The average molecular weight is 436 g/mol. The fourth-order valence-corrected chi connectivity index (χ4v) is 3.85. The lowest BCUT2D eigenvalue weighted by atomic mass is 10.1. The first kappa shape index (κ1) is 21.8. The number of aromatic nitrogens is 4. The van der Waals surface area contributed by atoms with Gasteiger partial charge < -0.3 is 30.8 Å². The highest BCUT2D eigenvalue weighted by Gasteiger charge is 2.24. The van der Waals surface area contributed by atoms with E-state index in [1.165, 1.54) is 6.20 Å². The minimum atomic E-state index is -0.714. The van der Waals surface area contributed by atoms with Crippen LogP contribution in [0, 0.1) is 0 Å². The van der Waals surface area contributed by atoms with Crippen molar-refractivity contribution >= 4 is 22.7 Å². The van der Waals surface area contributed by atoms with Crippen LogP contribution < -0.4 is 16.4 Å². The standard InChI is InChI=1S/C23H29N7O2/c1-3-30-21(15(2)31)26-19-22(29-10-12-32-13-11-29)27-20(28-23(19)30)17-7-4-6-16(14-17)18(25)8-5-9-24/h4-9,14-15,31H,3,10-13,24-25H2,1-2H3/b9-5-,18-8-. The summed E-state index contributed by atoms with van der Waals surface area (Å²) in [4.78, 5) is 16.7. The predicted octanol–water partition coefficient (Wildman–Crippen LogP) is 2.18. The van der Waals surface area contributed by atoms with Crippen LogP contribution in [-0.4, -0.2) is 50.9 Å². The van der Waals surface area contributed by atoms with E-state index in [2.05, 4.69) is 4.90 Å². The summed E-state index contributed by atoms with van der Waals surface area (Å²) in [6.45, 7) is 7.06. The Balaban J connectivity index is 1.90. The van der Waals surface area contributed by atoms with Crippen molar-refractivity contribution in [2.45, 2.75) is 26.5 Å². The third-order valence-electron chi connectivity index (χ3n) is 5.45. The second-order valence-corrected chi connectivity index (χ2v) is 7.62. The van der Waals surface area contributed by atoms with Gasteiger partial charge in [0.2, 0.25) is 0 Å². The number of ether oxygens (including phenoxy) is 1. The first-order chi connectivity index (χ1) is 15.5. The molecule has 0 saturated carbocycles. The topological polar surface area (TPSA) is 128 Å². The average Bonchev–Trinajstić information content (AvgIpc) is 3.21. The van der Waals surface area contributed by atoms with Crippen LogP contribution in [0.3, 0.4) is 0 Å². The normalized spacial score (nSPS) is 16.2. The molecule has 0 bridgehead atoms. The Bertz CT molecular complexity index is 1160. The highest BCUT2D eigenvalue weighted by atomic mass is 16.5. The highest BCUT2D eigenvalue weighted by Crippen LogP contribution is 2.30. The molecule has 3 aromatic rings. The van der Waals surface area contributed by atoms with Crippen molar-refractivity contribution in [3.63, 3.8) is 0 Å². The Morgan fingerprint density at radius 2 is 2.03 bits per heavy atom. The van der Waals surface area contributed by atoms with Crippen molar-refractivity contribution in [3.05, 3.63) is 54.0 Å². The molecule has 9 heteroatoms. The Labute approximate surface area is 187 Å². The molecule has 0 radical (unpaired) electrons. The lowest BCUT2D eigenvalue weighted by Gasteiger charge is -2.28. The van der Waals surface area contributed by atoms with E-state index in [0.717, 1.165) is 30.0 Å². The molecule has 32 heavy (non-hydrogen) atoms. The van der Waals surface area contributed by atoms with E-state index in [4.69, 9.17) is 31.2 Å². The van der Waals surface area contributed by atoms with Crippen LogP contribution in [0.5, 0.6) is 0 Å². The number of imidazole rings is 1. The van der Waals surface area contributed by atoms with Gasteiger partial charge in [0.1, 0.15) is 11.9 Å². The van der Waals surface area contributed by atoms with Crippen LogP contribution in [0.1, 0.15) is 31.3 Å². The Morgan fingerprint density at radius 3 is 2.72 bits per heavy atom. The number of morpholine rings is 1. The van der Waals surface area contributed by atoms with Crippen molar-refractivity contribution in [1.82, 2.24) is 19.5 Å². The monoisotopic (exact) mass is 435 g/mol. The summed E-state index contributed by atoms with van der Waals surface area (Å²) >= 11 is 0. The Morgan fingerprint density at radius 1 is 1.25 bits per heavy atom. The lowest BCUT2D eigenvalue weighted by Crippen LogP contribution is -2.37. The van der Waals surface area contributed by atoms with Gasteiger partial charge in [0.15, 0.2) is 22.8 Å². The number of nitrogens with zero attached hydrogens (tertiary/aromatic N) is 5. The number of hydrogen-bond donors (Lipinski definition) is 3. The third-order valence-corrected chi connectivity index (χ3v) is 5.45. The van der Waals surface area contributed by atoms with Crippen LogP contribution in [0.15, 0.2) is 42.6 Å². The molecular weight excluding hydrogens is 406 g/mol. The molecule has 1 aromatic carbocycles. The van der Waals surface area contributed by atoms with Crippen LogP contribution in [0.2, 0.25) is 0 Å². The van der Waals surface area contributed by atoms with Crippen molar-refractivity contribution in [1.29, 1.82) is 0 Å². The largest absolute Gasteiger partial charge is 0.405 e. The van der Waals surface area contributed by atoms with Crippen LogP contribution in [0.25, 0.3) is 28.2 Å². The van der Waals surface area contributed by atoms with Gasteiger partial charge >= 0.3 is 0 Å². The minimum Gasteiger partial charge on any atom is -0.405 e.